The summed E-state index contributed by atoms with van der Waals surface area (Å²) < 4.78 is 5.31. The van der Waals surface area contributed by atoms with Crippen molar-refractivity contribution in [2.75, 3.05) is 13.1 Å². The van der Waals surface area contributed by atoms with Crippen molar-refractivity contribution in [2.45, 2.75) is 43.7 Å². The van der Waals surface area contributed by atoms with Gasteiger partial charge in [0.1, 0.15) is 11.8 Å². The summed E-state index contributed by atoms with van der Waals surface area (Å²) >= 11 is 7.81. The van der Waals surface area contributed by atoms with Gasteiger partial charge in [-0.3, -0.25) is 4.79 Å². The highest BCUT2D eigenvalue weighted by Crippen LogP contribution is 2.32. The third-order valence-corrected chi connectivity index (χ3v) is 7.19. The number of hydrogen-bond donors (Lipinski definition) is 2. The molecule has 2 aromatic heterocycles. The van der Waals surface area contributed by atoms with E-state index in [0.717, 1.165) is 41.7 Å². The summed E-state index contributed by atoms with van der Waals surface area (Å²) in [5, 5.41) is 10.9. The molecule has 1 aliphatic rings. The molecule has 8 heteroatoms. The highest BCUT2D eigenvalue weighted by molar-refractivity contribution is 7.97. The van der Waals surface area contributed by atoms with Gasteiger partial charge >= 0.3 is 0 Å². The van der Waals surface area contributed by atoms with E-state index in [1.807, 2.05) is 39.9 Å². The first-order valence-electron chi connectivity index (χ1n) is 10.6. The molecule has 4 rings (SSSR count). The molecule has 1 atom stereocenters. The van der Waals surface area contributed by atoms with Crippen LogP contribution in [-0.4, -0.2) is 39.5 Å². The second kappa shape index (κ2) is 9.82. The number of nitriles is 1. The zero-order valence-electron chi connectivity index (χ0n) is 17.5. The summed E-state index contributed by atoms with van der Waals surface area (Å²) in [6.45, 7) is 4.44. The number of nitrogens with zero attached hydrogens (tertiary/aromatic N) is 3. The molecule has 3 heterocycles. The molecule has 3 aromatic rings. The number of carbonyl (C=O) groups excluding carboxylic acids is 1. The van der Waals surface area contributed by atoms with Gasteiger partial charge < -0.3 is 14.5 Å². The Morgan fingerprint density at radius 3 is 2.94 bits per heavy atom. The van der Waals surface area contributed by atoms with Crippen LogP contribution < -0.4 is 4.72 Å². The Morgan fingerprint density at radius 1 is 1.35 bits per heavy atom. The lowest BCUT2D eigenvalue weighted by molar-refractivity contribution is -0.134. The Kier molecular flexibility index (Phi) is 6.91. The fourth-order valence-corrected chi connectivity index (χ4v) is 5.26. The van der Waals surface area contributed by atoms with Gasteiger partial charge in [-0.05, 0) is 61.4 Å². The van der Waals surface area contributed by atoms with Crippen molar-refractivity contribution in [3.8, 4) is 6.07 Å². The number of amides is 1. The van der Waals surface area contributed by atoms with Crippen LogP contribution in [0.1, 0.15) is 31.9 Å². The van der Waals surface area contributed by atoms with Crippen LogP contribution in [-0.2, 0) is 11.3 Å². The molecule has 1 unspecified atom stereocenters. The van der Waals surface area contributed by atoms with E-state index in [9.17, 15) is 10.1 Å². The Balaban J connectivity index is 1.50. The number of fused-ring (bicyclic) bond motifs is 1. The molecule has 0 aliphatic carbocycles. The van der Waals surface area contributed by atoms with Gasteiger partial charge in [0.05, 0.1) is 11.1 Å². The Labute approximate surface area is 191 Å². The number of likely N-dealkylation sites (tertiary alicyclic amines) is 1. The minimum atomic E-state index is -0.361. The lowest BCUT2D eigenvalue weighted by atomic mass is 9.98. The molecule has 0 spiro atoms. The van der Waals surface area contributed by atoms with Gasteiger partial charge in [0.2, 0.25) is 5.91 Å². The molecular formula is C23H26ClN5OS. The van der Waals surface area contributed by atoms with Crippen molar-refractivity contribution < 1.29 is 4.79 Å². The molecule has 1 aliphatic heterocycles. The van der Waals surface area contributed by atoms with Gasteiger partial charge in [-0.1, -0.05) is 24.6 Å². The topological polar surface area (TPSA) is 76.8 Å². The maximum Gasteiger partial charge on any atom is 0.240 e. The van der Waals surface area contributed by atoms with E-state index in [-0.39, 0.29) is 11.9 Å². The SMILES string of the molecule is CC1CCN(C(=O)C(CCn2cccc2C#N)NSc2cccc3[nH]cc(Cl)c23)CC1. The summed E-state index contributed by atoms with van der Waals surface area (Å²) in [5.74, 6) is 0.786. The predicted molar refractivity (Wildman–Crippen MR) is 125 cm³/mol. The molecule has 6 nitrogen and oxygen atoms in total. The van der Waals surface area contributed by atoms with Crippen LogP contribution in [0.4, 0.5) is 0 Å². The number of piperidine rings is 1. The normalized spacial score (nSPS) is 15.8. The van der Waals surface area contributed by atoms with Gasteiger partial charge in [-0.2, -0.15) is 5.26 Å². The van der Waals surface area contributed by atoms with Crippen LogP contribution in [0, 0.1) is 17.2 Å². The molecule has 31 heavy (non-hydrogen) atoms. The van der Waals surface area contributed by atoms with Crippen LogP contribution in [0.3, 0.4) is 0 Å². The first kappa shape index (κ1) is 21.8. The van der Waals surface area contributed by atoms with Gasteiger partial charge in [-0.15, -0.1) is 0 Å². The van der Waals surface area contributed by atoms with E-state index in [0.29, 0.717) is 29.6 Å². The standard InChI is InChI=1S/C23H26ClN5OS/c1-16-7-11-29(12-8-16)23(30)20(9-13-28-10-3-4-17(28)14-25)27-31-21-6-2-5-19-22(21)18(24)15-26-19/h2-6,10,15-16,20,26-27H,7-9,11-13H2,1H3. The Hall–Kier alpha value is -2.40. The first-order valence-corrected chi connectivity index (χ1v) is 11.8. The van der Waals surface area contributed by atoms with Crippen LogP contribution in [0.5, 0.6) is 0 Å². The molecule has 0 radical (unpaired) electrons. The lowest BCUT2D eigenvalue weighted by Gasteiger charge is -2.33. The number of carbonyl (C=O) groups is 1. The number of aryl methyl sites for hydroxylation is 1. The summed E-state index contributed by atoms with van der Waals surface area (Å²) in [6.07, 6.45) is 6.34. The third kappa shape index (κ3) is 4.93. The van der Waals surface area contributed by atoms with Crippen LogP contribution in [0.15, 0.2) is 47.6 Å². The Bertz CT molecular complexity index is 1090. The number of nitrogens with one attached hydrogen (secondary N) is 2. The Morgan fingerprint density at radius 2 is 2.16 bits per heavy atom. The minimum Gasteiger partial charge on any atom is -0.360 e. The van der Waals surface area contributed by atoms with Crippen LogP contribution in [0.2, 0.25) is 5.02 Å². The summed E-state index contributed by atoms with van der Waals surface area (Å²) in [4.78, 5) is 19.5. The number of H-pyrrole nitrogens is 1. The van der Waals surface area contributed by atoms with Gasteiger partial charge in [-0.25, -0.2) is 4.72 Å². The molecule has 1 fully saturated rings. The van der Waals surface area contributed by atoms with Gasteiger partial charge in [0, 0.05) is 47.8 Å². The van der Waals surface area contributed by atoms with Crippen molar-refractivity contribution in [1.82, 2.24) is 19.2 Å². The lowest BCUT2D eigenvalue weighted by Crippen LogP contribution is -2.47. The van der Waals surface area contributed by atoms with E-state index < -0.39 is 0 Å². The summed E-state index contributed by atoms with van der Waals surface area (Å²) in [5.41, 5.74) is 1.57. The average Bonchev–Trinajstić information content (AvgIpc) is 3.40. The number of aromatic amines is 1. The second-order valence-corrected chi connectivity index (χ2v) is 9.37. The molecule has 0 saturated carbocycles. The summed E-state index contributed by atoms with van der Waals surface area (Å²) in [6, 6.07) is 11.5. The molecule has 1 saturated heterocycles. The first-order chi connectivity index (χ1) is 15.1. The monoisotopic (exact) mass is 455 g/mol. The molecule has 1 amide bonds. The van der Waals surface area contributed by atoms with Gasteiger partial charge in [0.15, 0.2) is 0 Å². The van der Waals surface area contributed by atoms with E-state index >= 15 is 0 Å². The molecule has 162 valence electrons. The van der Waals surface area contributed by atoms with Crippen molar-refractivity contribution in [2.24, 2.45) is 5.92 Å². The fraction of sp³-hybridized carbons (Fsp3) is 0.391. The maximum atomic E-state index is 13.4. The highest BCUT2D eigenvalue weighted by Gasteiger charge is 2.27. The highest BCUT2D eigenvalue weighted by atomic mass is 35.5. The molecule has 2 N–H and O–H groups in total. The van der Waals surface area contributed by atoms with Gasteiger partial charge in [0.25, 0.3) is 0 Å². The van der Waals surface area contributed by atoms with Crippen molar-refractivity contribution in [3.05, 3.63) is 53.4 Å². The zero-order valence-corrected chi connectivity index (χ0v) is 19.0. The van der Waals surface area contributed by atoms with Crippen LogP contribution >= 0.6 is 23.5 Å². The molecule has 1 aromatic carbocycles. The smallest absolute Gasteiger partial charge is 0.240 e. The fourth-order valence-electron chi connectivity index (χ4n) is 3.99. The molecule has 0 bridgehead atoms. The van der Waals surface area contributed by atoms with E-state index in [4.69, 9.17) is 11.6 Å². The van der Waals surface area contributed by atoms with E-state index in [2.05, 4.69) is 22.7 Å². The number of rotatable bonds is 7. The predicted octanol–water partition coefficient (Wildman–Crippen LogP) is 4.81. The molecular weight excluding hydrogens is 430 g/mol. The number of aromatic nitrogens is 2. The van der Waals surface area contributed by atoms with Crippen molar-refractivity contribution in [3.63, 3.8) is 0 Å². The largest absolute Gasteiger partial charge is 0.360 e. The third-order valence-electron chi connectivity index (χ3n) is 5.93. The maximum absolute atomic E-state index is 13.4. The zero-order chi connectivity index (χ0) is 21.8. The summed E-state index contributed by atoms with van der Waals surface area (Å²) in [7, 11) is 0. The van der Waals surface area contributed by atoms with Crippen LogP contribution in [0.25, 0.3) is 10.9 Å². The minimum absolute atomic E-state index is 0.123. The van der Waals surface area contributed by atoms with E-state index in [1.54, 1.807) is 12.3 Å². The van der Waals surface area contributed by atoms with Crippen molar-refractivity contribution in [1.29, 1.82) is 5.26 Å². The average molecular weight is 456 g/mol. The van der Waals surface area contributed by atoms with Crippen molar-refractivity contribution >= 4 is 40.4 Å². The number of benzene rings is 1. The quantitative estimate of drug-likeness (QED) is 0.501. The number of halogens is 1. The second-order valence-electron chi connectivity index (χ2n) is 8.08. The number of hydrogen-bond acceptors (Lipinski definition) is 4. The van der Waals surface area contributed by atoms with E-state index in [1.165, 1.54) is 11.9 Å².